The van der Waals surface area contributed by atoms with E-state index in [0.29, 0.717) is 6.54 Å². The van der Waals surface area contributed by atoms with Crippen molar-refractivity contribution in [1.29, 1.82) is 0 Å². The van der Waals surface area contributed by atoms with E-state index in [1.807, 2.05) is 18.2 Å². The Bertz CT molecular complexity index is 436. The van der Waals surface area contributed by atoms with Gasteiger partial charge in [0.2, 0.25) is 0 Å². The molecule has 0 spiro atoms. The third-order valence-corrected chi connectivity index (χ3v) is 2.18. The minimum absolute atomic E-state index is 0.171. The molecule has 0 aliphatic carbocycles. The van der Waals surface area contributed by atoms with Gasteiger partial charge in [0, 0.05) is 25.0 Å². The number of benzene rings is 1. The lowest BCUT2D eigenvalue weighted by atomic mass is 10.1. The number of fused-ring (bicyclic) bond motifs is 1. The summed E-state index contributed by atoms with van der Waals surface area (Å²) in [6.45, 7) is 0.412. The monoisotopic (exact) mass is 188 g/mol. The molecule has 1 heterocycles. The van der Waals surface area contributed by atoms with Crippen molar-refractivity contribution in [2.45, 2.75) is 6.04 Å². The van der Waals surface area contributed by atoms with Crippen LogP contribution in [0.5, 0.6) is 0 Å². The van der Waals surface area contributed by atoms with E-state index >= 15 is 0 Å². The van der Waals surface area contributed by atoms with Crippen LogP contribution in [0.25, 0.3) is 11.0 Å². The van der Waals surface area contributed by atoms with Crippen LogP contribution in [0.4, 0.5) is 0 Å². The van der Waals surface area contributed by atoms with Crippen molar-refractivity contribution in [2.75, 3.05) is 6.54 Å². The molecule has 2 aromatic rings. The van der Waals surface area contributed by atoms with Gasteiger partial charge in [-0.25, -0.2) is 0 Å². The van der Waals surface area contributed by atoms with Gasteiger partial charge in [-0.05, 0) is 11.6 Å². The first-order valence-electron chi connectivity index (χ1n) is 4.48. The van der Waals surface area contributed by atoms with Crippen LogP contribution in [0.15, 0.2) is 30.6 Å². The topological polar surface area (TPSA) is 77.8 Å². The predicted octanol–water partition coefficient (Wildman–Crippen LogP) is 0.588. The summed E-state index contributed by atoms with van der Waals surface area (Å²) in [6, 6.07) is 5.60. The Balaban J connectivity index is 2.65. The lowest BCUT2D eigenvalue weighted by Crippen LogP contribution is -2.21. The Labute approximate surface area is 82.0 Å². The van der Waals surface area contributed by atoms with Crippen molar-refractivity contribution in [3.05, 3.63) is 36.2 Å². The number of aromatic nitrogens is 2. The van der Waals surface area contributed by atoms with Crippen LogP contribution >= 0.6 is 0 Å². The molecule has 0 bridgehead atoms. The SMILES string of the molecule is NC[C@H](N)c1cccc2nccnc12. The summed E-state index contributed by atoms with van der Waals surface area (Å²) in [5.41, 5.74) is 14.0. The van der Waals surface area contributed by atoms with Crippen LogP contribution in [0.1, 0.15) is 11.6 Å². The molecule has 4 heteroatoms. The summed E-state index contributed by atoms with van der Waals surface area (Å²) >= 11 is 0. The Morgan fingerprint density at radius 2 is 2.00 bits per heavy atom. The number of nitrogens with zero attached hydrogens (tertiary/aromatic N) is 2. The van der Waals surface area contributed by atoms with Crippen LogP contribution in [0.2, 0.25) is 0 Å². The molecule has 0 saturated heterocycles. The molecule has 72 valence electrons. The van der Waals surface area contributed by atoms with Crippen LogP contribution < -0.4 is 11.5 Å². The summed E-state index contributed by atoms with van der Waals surface area (Å²) in [7, 11) is 0. The molecule has 1 aromatic carbocycles. The number of hydrogen-bond donors (Lipinski definition) is 2. The van der Waals surface area contributed by atoms with E-state index in [-0.39, 0.29) is 6.04 Å². The first kappa shape index (κ1) is 9.05. The average Bonchev–Trinajstić information content (AvgIpc) is 2.27. The molecule has 14 heavy (non-hydrogen) atoms. The van der Waals surface area contributed by atoms with Crippen molar-refractivity contribution >= 4 is 11.0 Å². The van der Waals surface area contributed by atoms with Gasteiger partial charge in [-0.1, -0.05) is 12.1 Å². The number of rotatable bonds is 2. The highest BCUT2D eigenvalue weighted by molar-refractivity contribution is 5.78. The molecule has 0 aliphatic heterocycles. The van der Waals surface area contributed by atoms with Crippen LogP contribution in [-0.2, 0) is 0 Å². The van der Waals surface area contributed by atoms with E-state index in [0.717, 1.165) is 16.6 Å². The van der Waals surface area contributed by atoms with Gasteiger partial charge in [-0.15, -0.1) is 0 Å². The summed E-state index contributed by atoms with van der Waals surface area (Å²) in [5.74, 6) is 0. The third kappa shape index (κ3) is 1.45. The Morgan fingerprint density at radius 3 is 2.79 bits per heavy atom. The second kappa shape index (κ2) is 3.69. The van der Waals surface area contributed by atoms with Crippen LogP contribution in [0, 0.1) is 0 Å². The molecule has 4 N–H and O–H groups in total. The van der Waals surface area contributed by atoms with Gasteiger partial charge in [-0.3, -0.25) is 9.97 Å². The van der Waals surface area contributed by atoms with E-state index in [1.165, 1.54) is 0 Å². The largest absolute Gasteiger partial charge is 0.329 e. The second-order valence-electron chi connectivity index (χ2n) is 3.11. The highest BCUT2D eigenvalue weighted by Crippen LogP contribution is 2.18. The molecule has 2 rings (SSSR count). The van der Waals surface area contributed by atoms with Gasteiger partial charge in [0.05, 0.1) is 11.0 Å². The molecule has 0 fully saturated rings. The van der Waals surface area contributed by atoms with E-state index in [4.69, 9.17) is 11.5 Å². The predicted molar refractivity (Wildman–Crippen MR) is 55.5 cm³/mol. The van der Waals surface area contributed by atoms with Crippen molar-refractivity contribution in [3.8, 4) is 0 Å². The van der Waals surface area contributed by atoms with Gasteiger partial charge < -0.3 is 11.5 Å². The summed E-state index contributed by atoms with van der Waals surface area (Å²) < 4.78 is 0. The van der Waals surface area contributed by atoms with E-state index in [2.05, 4.69) is 9.97 Å². The normalized spacial score (nSPS) is 13.0. The molecule has 4 nitrogen and oxygen atoms in total. The van der Waals surface area contributed by atoms with E-state index in [9.17, 15) is 0 Å². The van der Waals surface area contributed by atoms with Crippen molar-refractivity contribution in [1.82, 2.24) is 9.97 Å². The minimum atomic E-state index is -0.171. The molecule has 0 radical (unpaired) electrons. The molecular weight excluding hydrogens is 176 g/mol. The maximum absolute atomic E-state index is 5.87. The molecule has 0 aliphatic rings. The molecule has 1 aromatic heterocycles. The van der Waals surface area contributed by atoms with Crippen LogP contribution in [0.3, 0.4) is 0 Å². The molecule has 0 unspecified atom stereocenters. The minimum Gasteiger partial charge on any atom is -0.329 e. The number of hydrogen-bond acceptors (Lipinski definition) is 4. The molecule has 1 atom stereocenters. The molecule has 0 saturated carbocycles. The fourth-order valence-electron chi connectivity index (χ4n) is 1.44. The number of nitrogens with two attached hydrogens (primary N) is 2. The fourth-order valence-corrected chi connectivity index (χ4v) is 1.44. The Morgan fingerprint density at radius 1 is 1.21 bits per heavy atom. The Kier molecular flexibility index (Phi) is 2.39. The fraction of sp³-hybridized carbons (Fsp3) is 0.200. The second-order valence-corrected chi connectivity index (χ2v) is 3.11. The van der Waals surface area contributed by atoms with Crippen molar-refractivity contribution in [2.24, 2.45) is 11.5 Å². The van der Waals surface area contributed by atoms with E-state index < -0.39 is 0 Å². The maximum Gasteiger partial charge on any atom is 0.0934 e. The third-order valence-electron chi connectivity index (χ3n) is 2.18. The maximum atomic E-state index is 5.87. The van der Waals surface area contributed by atoms with Gasteiger partial charge in [0.15, 0.2) is 0 Å². The van der Waals surface area contributed by atoms with Gasteiger partial charge in [0.1, 0.15) is 0 Å². The summed E-state index contributed by atoms with van der Waals surface area (Å²) in [5, 5.41) is 0. The first-order valence-corrected chi connectivity index (χ1v) is 4.48. The average molecular weight is 188 g/mol. The van der Waals surface area contributed by atoms with Gasteiger partial charge >= 0.3 is 0 Å². The highest BCUT2D eigenvalue weighted by Gasteiger charge is 2.08. The first-order chi connectivity index (χ1) is 6.83. The zero-order valence-electron chi connectivity index (χ0n) is 7.72. The van der Waals surface area contributed by atoms with Gasteiger partial charge in [0.25, 0.3) is 0 Å². The molecule has 0 amide bonds. The standard InChI is InChI=1S/C10H12N4/c11-6-8(12)7-2-1-3-9-10(7)14-5-4-13-9/h1-5,8H,6,11-12H2/t8-/m0/s1. The molecular formula is C10H12N4. The highest BCUT2D eigenvalue weighted by atomic mass is 14.8. The lowest BCUT2D eigenvalue weighted by molar-refractivity contribution is 0.741. The smallest absolute Gasteiger partial charge is 0.0934 e. The quantitative estimate of drug-likeness (QED) is 0.723. The summed E-state index contributed by atoms with van der Waals surface area (Å²) in [4.78, 5) is 8.45. The zero-order chi connectivity index (χ0) is 9.97. The Hall–Kier alpha value is -1.52. The van der Waals surface area contributed by atoms with Gasteiger partial charge in [-0.2, -0.15) is 0 Å². The van der Waals surface area contributed by atoms with E-state index in [1.54, 1.807) is 12.4 Å². The lowest BCUT2D eigenvalue weighted by Gasteiger charge is -2.10. The summed E-state index contributed by atoms with van der Waals surface area (Å²) in [6.07, 6.45) is 3.33. The van der Waals surface area contributed by atoms with Crippen molar-refractivity contribution in [3.63, 3.8) is 0 Å². The number of para-hydroxylation sites is 1. The zero-order valence-corrected chi connectivity index (χ0v) is 7.72. The van der Waals surface area contributed by atoms with Crippen molar-refractivity contribution < 1.29 is 0 Å². The van der Waals surface area contributed by atoms with Crippen LogP contribution in [-0.4, -0.2) is 16.5 Å².